The Morgan fingerprint density at radius 2 is 1.77 bits per heavy atom. The van der Waals surface area contributed by atoms with Crippen LogP contribution in [0.15, 0.2) is 77.5 Å². The van der Waals surface area contributed by atoms with Crippen LogP contribution in [0.3, 0.4) is 0 Å². The number of nitrogens with zero attached hydrogens (tertiary/aromatic N) is 2. The fourth-order valence-corrected chi connectivity index (χ4v) is 3.82. The lowest BCUT2D eigenvalue weighted by Crippen LogP contribution is -2.44. The van der Waals surface area contributed by atoms with E-state index >= 15 is 0 Å². The summed E-state index contributed by atoms with van der Waals surface area (Å²) in [5, 5.41) is 3.22. The number of furan rings is 1. The molecule has 5 rings (SSSR count). The Morgan fingerprint density at radius 3 is 2.48 bits per heavy atom. The molecular formula is C24H18F2N3O2+. The molecule has 154 valence electrons. The number of fused-ring (bicyclic) bond motifs is 1. The standard InChI is InChI=1S/C24H17F2N3O2/c25-17-9-4-10-18(26)22(17)21-14-29-23(19(27-21)12-15-6-2-1-3-7-15)28-20(24(29)30)13-16-8-5-11-31-16/h1-11,14,20H,12-13H2/p+1. The number of carbonyl (C=O) groups is 1. The van der Waals surface area contributed by atoms with E-state index in [1.54, 1.807) is 18.4 Å². The van der Waals surface area contributed by atoms with Crippen molar-refractivity contribution in [2.45, 2.75) is 18.9 Å². The zero-order chi connectivity index (χ0) is 21.4. The summed E-state index contributed by atoms with van der Waals surface area (Å²) in [7, 11) is 0. The van der Waals surface area contributed by atoms with Crippen LogP contribution in [-0.4, -0.2) is 16.9 Å². The fourth-order valence-electron chi connectivity index (χ4n) is 3.82. The molecule has 1 atom stereocenters. The topological polar surface area (TPSA) is 59.0 Å². The maximum Gasteiger partial charge on any atom is 0.359 e. The van der Waals surface area contributed by atoms with E-state index in [1.807, 2.05) is 30.3 Å². The van der Waals surface area contributed by atoms with Crippen molar-refractivity contribution in [1.29, 1.82) is 0 Å². The third kappa shape index (κ3) is 3.59. The molecule has 1 aliphatic heterocycles. The van der Waals surface area contributed by atoms with Crippen molar-refractivity contribution < 1.29 is 22.6 Å². The highest BCUT2D eigenvalue weighted by Gasteiger charge is 2.41. The number of hydrogen-bond donors (Lipinski definition) is 1. The molecule has 0 saturated heterocycles. The van der Waals surface area contributed by atoms with Crippen molar-refractivity contribution in [3.8, 4) is 11.3 Å². The van der Waals surface area contributed by atoms with Crippen LogP contribution in [0.4, 0.5) is 14.6 Å². The molecule has 7 heteroatoms. The normalized spacial score (nSPS) is 15.0. The van der Waals surface area contributed by atoms with Gasteiger partial charge in [0.25, 0.3) is 0 Å². The Labute approximate surface area is 177 Å². The van der Waals surface area contributed by atoms with Crippen LogP contribution in [-0.2, 0) is 12.8 Å². The zero-order valence-electron chi connectivity index (χ0n) is 16.4. The van der Waals surface area contributed by atoms with Gasteiger partial charge in [-0.3, -0.25) is 5.32 Å². The van der Waals surface area contributed by atoms with Gasteiger partial charge in [-0.1, -0.05) is 36.4 Å². The first-order valence-electron chi connectivity index (χ1n) is 9.87. The lowest BCUT2D eigenvalue weighted by molar-refractivity contribution is -0.552. The van der Waals surface area contributed by atoms with Crippen molar-refractivity contribution in [2.24, 2.45) is 0 Å². The van der Waals surface area contributed by atoms with Crippen LogP contribution in [0, 0.1) is 11.6 Å². The van der Waals surface area contributed by atoms with E-state index in [0.717, 1.165) is 5.56 Å². The highest BCUT2D eigenvalue weighted by atomic mass is 19.1. The second-order valence-corrected chi connectivity index (χ2v) is 7.37. The second kappa shape index (κ2) is 7.75. The zero-order valence-corrected chi connectivity index (χ0v) is 16.4. The van der Waals surface area contributed by atoms with Crippen LogP contribution < -0.4 is 9.88 Å². The van der Waals surface area contributed by atoms with E-state index in [-0.39, 0.29) is 17.2 Å². The summed E-state index contributed by atoms with van der Waals surface area (Å²) in [6.07, 6.45) is 3.69. The molecule has 0 radical (unpaired) electrons. The number of rotatable bonds is 5. The number of hydrogen-bond acceptors (Lipinski definition) is 4. The summed E-state index contributed by atoms with van der Waals surface area (Å²) < 4.78 is 35.7. The Kier molecular flexibility index (Phi) is 4.78. The minimum absolute atomic E-state index is 0.0686. The quantitative estimate of drug-likeness (QED) is 0.494. The number of benzene rings is 2. The van der Waals surface area contributed by atoms with Crippen LogP contribution in [0.5, 0.6) is 0 Å². The highest BCUT2D eigenvalue weighted by Crippen LogP contribution is 2.28. The second-order valence-electron chi connectivity index (χ2n) is 7.37. The first-order chi connectivity index (χ1) is 15.1. The van der Waals surface area contributed by atoms with Crippen LogP contribution >= 0.6 is 0 Å². The number of nitrogens with one attached hydrogen (secondary N) is 1. The molecule has 0 bridgehead atoms. The molecule has 2 aromatic heterocycles. The van der Waals surface area contributed by atoms with Gasteiger partial charge >= 0.3 is 11.7 Å². The molecule has 1 N–H and O–H groups in total. The predicted octanol–water partition coefficient (Wildman–Crippen LogP) is 4.18. The van der Waals surface area contributed by atoms with E-state index in [2.05, 4.69) is 10.3 Å². The molecule has 0 aliphatic carbocycles. The maximum absolute atomic E-state index is 14.5. The summed E-state index contributed by atoms with van der Waals surface area (Å²) in [6.45, 7) is 0. The summed E-state index contributed by atoms with van der Waals surface area (Å²) >= 11 is 0. The molecule has 4 aromatic rings. The molecule has 1 unspecified atom stereocenters. The van der Waals surface area contributed by atoms with E-state index in [9.17, 15) is 13.6 Å². The van der Waals surface area contributed by atoms with Gasteiger partial charge in [0.1, 0.15) is 35.0 Å². The molecule has 31 heavy (non-hydrogen) atoms. The van der Waals surface area contributed by atoms with Gasteiger partial charge in [0.05, 0.1) is 18.2 Å². The molecular weight excluding hydrogens is 400 g/mol. The molecule has 1 aliphatic rings. The van der Waals surface area contributed by atoms with E-state index in [0.29, 0.717) is 30.1 Å². The lowest BCUT2D eigenvalue weighted by Gasteiger charge is -2.08. The van der Waals surface area contributed by atoms with Gasteiger partial charge in [0.15, 0.2) is 0 Å². The molecule has 0 amide bonds. The molecule has 0 saturated carbocycles. The van der Waals surface area contributed by atoms with Crippen molar-refractivity contribution in [1.82, 2.24) is 4.98 Å². The highest BCUT2D eigenvalue weighted by molar-refractivity contribution is 5.82. The third-order valence-electron chi connectivity index (χ3n) is 5.29. The number of halogens is 2. The van der Waals surface area contributed by atoms with Gasteiger partial charge in [0, 0.05) is 6.42 Å². The fraction of sp³-hybridized carbons (Fsp3) is 0.125. The van der Waals surface area contributed by atoms with E-state index < -0.39 is 17.7 Å². The Morgan fingerprint density at radius 1 is 1.00 bits per heavy atom. The minimum atomic E-state index is -0.732. The molecule has 0 spiro atoms. The SMILES string of the molecule is O=C1C(Cc2ccco2)Nc2c(Cc3ccccc3)nc(-c3c(F)cccc3F)c[n+]21. The Balaban J connectivity index is 1.61. The summed E-state index contributed by atoms with van der Waals surface area (Å²) in [5.74, 6) is -0.516. The van der Waals surface area contributed by atoms with Gasteiger partial charge in [-0.05, 0) is 29.8 Å². The maximum atomic E-state index is 14.5. The Bertz CT molecular complexity index is 1240. The number of carbonyl (C=O) groups excluding carboxylic acids is 1. The predicted molar refractivity (Wildman–Crippen MR) is 109 cm³/mol. The Hall–Kier alpha value is -3.87. The lowest BCUT2D eigenvalue weighted by atomic mass is 10.1. The van der Waals surface area contributed by atoms with Gasteiger partial charge in [0.2, 0.25) is 6.04 Å². The average molecular weight is 418 g/mol. The van der Waals surface area contributed by atoms with Crippen LogP contribution in [0.1, 0.15) is 21.8 Å². The van der Waals surface area contributed by atoms with Gasteiger partial charge < -0.3 is 4.42 Å². The largest absolute Gasteiger partial charge is 0.469 e. The summed E-state index contributed by atoms with van der Waals surface area (Å²) in [4.78, 5) is 17.7. The van der Waals surface area contributed by atoms with E-state index in [1.165, 1.54) is 29.0 Å². The molecule has 3 heterocycles. The summed E-state index contributed by atoms with van der Waals surface area (Å²) in [5.41, 5.74) is 1.31. The van der Waals surface area contributed by atoms with Gasteiger partial charge in [-0.15, -0.1) is 0 Å². The first-order valence-corrected chi connectivity index (χ1v) is 9.87. The number of anilines is 1. The molecule has 0 fully saturated rings. The average Bonchev–Trinajstić information content (AvgIpc) is 3.38. The van der Waals surface area contributed by atoms with Gasteiger partial charge in [-0.2, -0.15) is 4.57 Å². The number of aromatic nitrogens is 2. The van der Waals surface area contributed by atoms with E-state index in [4.69, 9.17) is 4.42 Å². The van der Waals surface area contributed by atoms with Crippen molar-refractivity contribution in [2.75, 3.05) is 5.32 Å². The first kappa shape index (κ1) is 19.1. The van der Waals surface area contributed by atoms with Gasteiger partial charge in [-0.25, -0.2) is 18.6 Å². The molecule has 2 aromatic carbocycles. The summed E-state index contributed by atoms with van der Waals surface area (Å²) in [6, 6.07) is 16.2. The van der Waals surface area contributed by atoms with Crippen LogP contribution in [0.2, 0.25) is 0 Å². The monoisotopic (exact) mass is 418 g/mol. The third-order valence-corrected chi connectivity index (χ3v) is 5.29. The van der Waals surface area contributed by atoms with Crippen molar-refractivity contribution in [3.63, 3.8) is 0 Å². The van der Waals surface area contributed by atoms with Crippen molar-refractivity contribution >= 4 is 11.7 Å². The van der Waals surface area contributed by atoms with Crippen LogP contribution in [0.25, 0.3) is 11.3 Å². The minimum Gasteiger partial charge on any atom is -0.469 e. The molecule has 5 nitrogen and oxygen atoms in total. The van der Waals surface area contributed by atoms with Crippen molar-refractivity contribution in [3.05, 3.63) is 102 Å². The smallest absolute Gasteiger partial charge is 0.359 e.